The van der Waals surface area contributed by atoms with Crippen molar-refractivity contribution in [3.8, 4) is 0 Å². The zero-order valence-corrected chi connectivity index (χ0v) is 6.82. The fraction of sp³-hybridized carbons (Fsp3) is 0.857. The van der Waals surface area contributed by atoms with Crippen LogP contribution < -0.4 is 0 Å². The number of hydrogen-bond acceptors (Lipinski definition) is 2. The lowest BCUT2D eigenvalue weighted by atomic mass is 10.3. The Morgan fingerprint density at radius 3 is 2.89 bits per heavy atom. The van der Waals surface area contributed by atoms with Crippen LogP contribution in [0.1, 0.15) is 26.7 Å². The van der Waals surface area contributed by atoms with Crippen LogP contribution in [0.2, 0.25) is 0 Å². The second kappa shape index (κ2) is 3.25. The molecule has 0 aliphatic carbocycles. The van der Waals surface area contributed by atoms with Crippen LogP contribution >= 0.6 is 11.8 Å². The zero-order chi connectivity index (χ0) is 6.69. The van der Waals surface area contributed by atoms with Gasteiger partial charge in [-0.25, -0.2) is 0 Å². The van der Waals surface area contributed by atoms with Crippen molar-refractivity contribution in [2.75, 3.05) is 0 Å². The Kier molecular flexibility index (Phi) is 2.58. The molecule has 0 aromatic carbocycles. The van der Waals surface area contributed by atoms with E-state index >= 15 is 0 Å². The summed E-state index contributed by atoms with van der Waals surface area (Å²) in [5, 5.41) is 1.23. The van der Waals surface area contributed by atoms with Gasteiger partial charge in [-0.3, -0.25) is 4.99 Å². The molecule has 0 fully saturated rings. The van der Waals surface area contributed by atoms with Crippen molar-refractivity contribution in [1.29, 1.82) is 0 Å². The third-order valence-electron chi connectivity index (χ3n) is 1.37. The molecular weight excluding hydrogens is 130 g/mol. The van der Waals surface area contributed by atoms with Gasteiger partial charge in [0, 0.05) is 11.5 Å². The normalized spacial score (nSPS) is 33.6. The Bertz CT molecular complexity index is 111. The highest BCUT2D eigenvalue weighted by atomic mass is 32.2. The Morgan fingerprint density at radius 2 is 2.44 bits per heavy atom. The van der Waals surface area contributed by atoms with E-state index in [0.29, 0.717) is 10.6 Å². The summed E-state index contributed by atoms with van der Waals surface area (Å²) in [6, 6.07) is 0. The molecule has 0 aromatic rings. The van der Waals surface area contributed by atoms with Gasteiger partial charge in [0.25, 0.3) is 0 Å². The molecule has 2 atom stereocenters. The minimum atomic E-state index is 0.574. The first-order valence-electron chi connectivity index (χ1n) is 3.51. The van der Waals surface area contributed by atoms with Crippen molar-refractivity contribution in [2.24, 2.45) is 4.99 Å². The first kappa shape index (κ1) is 7.13. The largest absolute Gasteiger partial charge is 0.282 e. The van der Waals surface area contributed by atoms with Crippen LogP contribution in [0.25, 0.3) is 0 Å². The second-order valence-electron chi connectivity index (χ2n) is 2.38. The fourth-order valence-corrected chi connectivity index (χ4v) is 2.07. The van der Waals surface area contributed by atoms with Crippen LogP contribution in [-0.2, 0) is 0 Å². The highest BCUT2D eigenvalue weighted by molar-refractivity contribution is 8.01. The molecular formula is C7H13NS. The summed E-state index contributed by atoms with van der Waals surface area (Å²) in [6.45, 7) is 4.41. The summed E-state index contributed by atoms with van der Waals surface area (Å²) in [6.07, 6.45) is 4.55. The monoisotopic (exact) mass is 143 g/mol. The topological polar surface area (TPSA) is 12.4 Å². The summed E-state index contributed by atoms with van der Waals surface area (Å²) in [7, 11) is 0. The predicted molar refractivity (Wildman–Crippen MR) is 44.2 cm³/mol. The smallest absolute Gasteiger partial charge is 0.0954 e. The summed E-state index contributed by atoms with van der Waals surface area (Å²) >= 11 is 1.97. The number of aliphatic imine (C=N–C) groups is 1. The number of thioether (sulfide) groups is 1. The second-order valence-corrected chi connectivity index (χ2v) is 3.94. The van der Waals surface area contributed by atoms with Crippen LogP contribution in [-0.4, -0.2) is 16.8 Å². The van der Waals surface area contributed by atoms with Crippen LogP contribution in [0, 0.1) is 0 Å². The Balaban J connectivity index is 2.24. The molecule has 0 saturated carbocycles. The maximum Gasteiger partial charge on any atom is 0.0954 e. The van der Waals surface area contributed by atoms with E-state index in [9.17, 15) is 0 Å². The van der Waals surface area contributed by atoms with Gasteiger partial charge in [-0.2, -0.15) is 0 Å². The van der Waals surface area contributed by atoms with Gasteiger partial charge in [-0.05, 0) is 13.3 Å². The van der Waals surface area contributed by atoms with Crippen LogP contribution in [0.5, 0.6) is 0 Å². The third kappa shape index (κ3) is 2.01. The highest BCUT2D eigenvalue weighted by Gasteiger charge is 2.14. The molecule has 0 amide bonds. The number of rotatable bonds is 2. The van der Waals surface area contributed by atoms with Crippen molar-refractivity contribution < 1.29 is 0 Å². The van der Waals surface area contributed by atoms with E-state index in [2.05, 4.69) is 25.1 Å². The number of hydrogen-bond donors (Lipinski definition) is 0. The third-order valence-corrected chi connectivity index (χ3v) is 2.59. The van der Waals surface area contributed by atoms with Gasteiger partial charge in [-0.15, -0.1) is 11.8 Å². The highest BCUT2D eigenvalue weighted by Crippen LogP contribution is 2.26. The molecule has 1 aliphatic heterocycles. The molecule has 2 heteroatoms. The maximum atomic E-state index is 4.34. The molecule has 1 rings (SSSR count). The molecule has 0 spiro atoms. The Morgan fingerprint density at radius 1 is 1.67 bits per heavy atom. The summed E-state index contributed by atoms with van der Waals surface area (Å²) in [4.78, 5) is 4.34. The maximum absolute atomic E-state index is 4.34. The van der Waals surface area contributed by atoms with E-state index in [1.165, 1.54) is 12.8 Å². The van der Waals surface area contributed by atoms with Crippen molar-refractivity contribution in [2.45, 2.75) is 37.3 Å². The van der Waals surface area contributed by atoms with E-state index in [-0.39, 0.29) is 0 Å². The van der Waals surface area contributed by atoms with E-state index in [0.717, 1.165) is 0 Å². The van der Waals surface area contributed by atoms with Crippen molar-refractivity contribution in [3.05, 3.63) is 0 Å². The lowest BCUT2D eigenvalue weighted by molar-refractivity contribution is 0.774. The molecule has 9 heavy (non-hydrogen) atoms. The van der Waals surface area contributed by atoms with Gasteiger partial charge in [-0.1, -0.05) is 13.3 Å². The molecule has 0 saturated heterocycles. The minimum Gasteiger partial charge on any atom is -0.282 e. The summed E-state index contributed by atoms with van der Waals surface area (Å²) in [5.74, 6) is 0. The van der Waals surface area contributed by atoms with E-state index in [4.69, 9.17) is 0 Å². The van der Waals surface area contributed by atoms with Crippen LogP contribution in [0.4, 0.5) is 0 Å². The minimum absolute atomic E-state index is 0.574. The van der Waals surface area contributed by atoms with Crippen LogP contribution in [0.3, 0.4) is 0 Å². The molecule has 0 bridgehead atoms. The summed E-state index contributed by atoms with van der Waals surface area (Å²) < 4.78 is 0. The fourth-order valence-electron chi connectivity index (χ4n) is 0.925. The molecule has 0 radical (unpaired) electrons. The van der Waals surface area contributed by atoms with Gasteiger partial charge in [0.1, 0.15) is 0 Å². The van der Waals surface area contributed by atoms with Gasteiger partial charge in [0.15, 0.2) is 0 Å². The summed E-state index contributed by atoms with van der Waals surface area (Å²) in [5.41, 5.74) is 0. The van der Waals surface area contributed by atoms with E-state index in [1.54, 1.807) is 0 Å². The average molecular weight is 143 g/mol. The first-order valence-corrected chi connectivity index (χ1v) is 4.46. The quantitative estimate of drug-likeness (QED) is 0.578. The molecule has 52 valence electrons. The lowest BCUT2D eigenvalue weighted by Gasteiger charge is -2.03. The SMILES string of the molecule is CCCC1N=CC(C)S1. The predicted octanol–water partition coefficient (Wildman–Crippen LogP) is 2.32. The van der Waals surface area contributed by atoms with Crippen molar-refractivity contribution in [1.82, 2.24) is 0 Å². The van der Waals surface area contributed by atoms with Gasteiger partial charge in [0.05, 0.1) is 5.37 Å². The van der Waals surface area contributed by atoms with E-state index < -0.39 is 0 Å². The molecule has 1 heterocycles. The first-order chi connectivity index (χ1) is 4.33. The number of nitrogens with zero attached hydrogens (tertiary/aromatic N) is 1. The van der Waals surface area contributed by atoms with Crippen molar-refractivity contribution in [3.63, 3.8) is 0 Å². The molecule has 2 unspecified atom stereocenters. The lowest BCUT2D eigenvalue weighted by Crippen LogP contribution is -1.95. The molecule has 1 nitrogen and oxygen atoms in total. The Hall–Kier alpha value is 0.0200. The Labute approximate surface area is 60.9 Å². The van der Waals surface area contributed by atoms with Crippen molar-refractivity contribution >= 4 is 18.0 Å². The molecule has 1 aliphatic rings. The van der Waals surface area contributed by atoms with E-state index in [1.807, 2.05) is 11.8 Å². The zero-order valence-electron chi connectivity index (χ0n) is 6.00. The standard InChI is InChI=1S/C7H13NS/c1-3-4-7-8-5-6(2)9-7/h5-7H,3-4H2,1-2H3. The van der Waals surface area contributed by atoms with Crippen LogP contribution in [0.15, 0.2) is 4.99 Å². The van der Waals surface area contributed by atoms with Gasteiger partial charge < -0.3 is 0 Å². The van der Waals surface area contributed by atoms with Gasteiger partial charge >= 0.3 is 0 Å². The van der Waals surface area contributed by atoms with Gasteiger partial charge in [0.2, 0.25) is 0 Å². The molecule has 0 N–H and O–H groups in total. The average Bonchev–Trinajstić information content (AvgIpc) is 2.17. The molecule has 0 aromatic heterocycles.